The molecular weight excluding hydrogens is 378 g/mol. The van der Waals surface area contributed by atoms with E-state index in [1.807, 2.05) is 42.5 Å². The Labute approximate surface area is 175 Å². The first-order valence-electron chi connectivity index (χ1n) is 9.30. The summed E-state index contributed by atoms with van der Waals surface area (Å²) in [6.07, 6.45) is 1.52. The Hall–Kier alpha value is -4.04. The second-order valence-electron chi connectivity index (χ2n) is 6.39. The summed E-state index contributed by atoms with van der Waals surface area (Å²) in [5.74, 6) is 0.997. The van der Waals surface area contributed by atoms with Crippen molar-refractivity contribution >= 4 is 11.9 Å². The highest BCUT2D eigenvalue weighted by atomic mass is 16.5. The van der Waals surface area contributed by atoms with Crippen molar-refractivity contribution < 1.29 is 19.0 Å². The maximum atomic E-state index is 12.6. The van der Waals surface area contributed by atoms with Crippen molar-refractivity contribution in [2.75, 3.05) is 14.2 Å². The third-order valence-electron chi connectivity index (χ3n) is 4.42. The van der Waals surface area contributed by atoms with E-state index in [4.69, 9.17) is 14.2 Å². The van der Waals surface area contributed by atoms with Crippen LogP contribution in [-0.4, -0.2) is 20.0 Å². The molecule has 0 saturated heterocycles. The van der Waals surface area contributed by atoms with Crippen LogP contribution in [-0.2, 0) is 6.61 Å². The summed E-state index contributed by atoms with van der Waals surface area (Å²) in [6.45, 7) is 0.346. The van der Waals surface area contributed by atoms with E-state index in [9.17, 15) is 10.1 Å². The predicted molar refractivity (Wildman–Crippen MR) is 115 cm³/mol. The molecule has 0 fully saturated rings. The second kappa shape index (κ2) is 9.94. The number of nitriles is 1. The molecule has 0 spiro atoms. The number of ketones is 1. The summed E-state index contributed by atoms with van der Waals surface area (Å²) in [4.78, 5) is 12.6. The van der Waals surface area contributed by atoms with Gasteiger partial charge in [-0.15, -0.1) is 0 Å². The van der Waals surface area contributed by atoms with Crippen molar-refractivity contribution in [1.29, 1.82) is 5.26 Å². The summed E-state index contributed by atoms with van der Waals surface area (Å²) in [6, 6.07) is 23.8. The molecule has 30 heavy (non-hydrogen) atoms. The van der Waals surface area contributed by atoms with Gasteiger partial charge in [0.15, 0.2) is 11.5 Å². The molecule has 0 aliphatic heterocycles. The van der Waals surface area contributed by atoms with Crippen LogP contribution in [0, 0.1) is 11.3 Å². The van der Waals surface area contributed by atoms with Crippen LogP contribution < -0.4 is 14.2 Å². The minimum Gasteiger partial charge on any atom is -0.493 e. The molecule has 0 heterocycles. The van der Waals surface area contributed by atoms with Crippen LogP contribution in [0.5, 0.6) is 17.2 Å². The lowest BCUT2D eigenvalue weighted by molar-refractivity contribution is 0.104. The zero-order chi connectivity index (χ0) is 21.3. The normalized spacial score (nSPS) is 10.8. The zero-order valence-corrected chi connectivity index (χ0v) is 16.8. The highest BCUT2D eigenvalue weighted by Gasteiger charge is 2.16. The quantitative estimate of drug-likeness (QED) is 0.300. The standard InChI is InChI=1S/C25H21NO4/c1-28-22-14-19(13-21(16-26)24(27)20-11-7-4-8-12-20)15-23(29-2)25(22)30-17-18-9-5-3-6-10-18/h3-15H,17H2,1-2H3/b21-13+. The van der Waals surface area contributed by atoms with Gasteiger partial charge < -0.3 is 14.2 Å². The number of hydrogen-bond donors (Lipinski definition) is 0. The Morgan fingerprint density at radius 1 is 0.933 bits per heavy atom. The third-order valence-corrected chi connectivity index (χ3v) is 4.42. The molecule has 0 bridgehead atoms. The van der Waals surface area contributed by atoms with Crippen molar-refractivity contribution in [2.24, 2.45) is 0 Å². The van der Waals surface area contributed by atoms with E-state index in [0.29, 0.717) is 35.0 Å². The van der Waals surface area contributed by atoms with Gasteiger partial charge in [-0.3, -0.25) is 4.79 Å². The maximum absolute atomic E-state index is 12.6. The highest BCUT2D eigenvalue weighted by molar-refractivity contribution is 6.14. The fourth-order valence-electron chi connectivity index (χ4n) is 2.92. The van der Waals surface area contributed by atoms with Gasteiger partial charge in [0.2, 0.25) is 11.5 Å². The molecule has 5 nitrogen and oxygen atoms in total. The van der Waals surface area contributed by atoms with Crippen LogP contribution in [0.4, 0.5) is 0 Å². The van der Waals surface area contributed by atoms with E-state index in [0.717, 1.165) is 5.56 Å². The van der Waals surface area contributed by atoms with E-state index in [-0.39, 0.29) is 11.4 Å². The van der Waals surface area contributed by atoms with Crippen molar-refractivity contribution in [2.45, 2.75) is 6.61 Å². The Balaban J connectivity index is 1.93. The number of ether oxygens (including phenoxy) is 3. The van der Waals surface area contributed by atoms with Gasteiger partial charge >= 0.3 is 0 Å². The highest BCUT2D eigenvalue weighted by Crippen LogP contribution is 2.39. The number of Topliss-reactive ketones (excluding diaryl/α,β-unsaturated/α-hetero) is 1. The lowest BCUT2D eigenvalue weighted by Gasteiger charge is -2.15. The van der Waals surface area contributed by atoms with Crippen LogP contribution in [0.15, 0.2) is 78.4 Å². The van der Waals surface area contributed by atoms with E-state index >= 15 is 0 Å². The van der Waals surface area contributed by atoms with Crippen LogP contribution >= 0.6 is 0 Å². The number of allylic oxidation sites excluding steroid dienone is 1. The molecule has 0 N–H and O–H groups in total. The molecular formula is C25H21NO4. The topological polar surface area (TPSA) is 68.5 Å². The average Bonchev–Trinajstić information content (AvgIpc) is 2.81. The Morgan fingerprint density at radius 3 is 2.03 bits per heavy atom. The first-order chi connectivity index (χ1) is 14.7. The minimum absolute atomic E-state index is 0.0169. The molecule has 0 radical (unpaired) electrons. The van der Waals surface area contributed by atoms with Gasteiger partial charge in [-0.2, -0.15) is 5.26 Å². The van der Waals surface area contributed by atoms with E-state index in [1.54, 1.807) is 36.4 Å². The number of carbonyl (C=O) groups is 1. The summed E-state index contributed by atoms with van der Waals surface area (Å²) >= 11 is 0. The molecule has 3 aromatic rings. The minimum atomic E-state index is -0.347. The number of methoxy groups -OCH3 is 2. The second-order valence-corrected chi connectivity index (χ2v) is 6.39. The van der Waals surface area contributed by atoms with Crippen molar-refractivity contribution in [3.05, 3.63) is 95.1 Å². The SMILES string of the molecule is COc1cc(/C=C(\C#N)C(=O)c2ccccc2)cc(OC)c1OCc1ccccc1. The average molecular weight is 399 g/mol. The van der Waals surface area contributed by atoms with Crippen LogP contribution in [0.1, 0.15) is 21.5 Å². The Kier molecular flexibility index (Phi) is 6.86. The van der Waals surface area contributed by atoms with Gasteiger partial charge in [0, 0.05) is 5.56 Å². The molecule has 0 aromatic heterocycles. The number of nitrogens with zero attached hydrogens (tertiary/aromatic N) is 1. The van der Waals surface area contributed by atoms with Gasteiger partial charge in [0.1, 0.15) is 18.2 Å². The van der Waals surface area contributed by atoms with Crippen LogP contribution in [0.3, 0.4) is 0 Å². The molecule has 0 aliphatic rings. The third kappa shape index (κ3) is 4.86. The van der Waals surface area contributed by atoms with Gasteiger partial charge in [-0.25, -0.2) is 0 Å². The number of hydrogen-bond acceptors (Lipinski definition) is 5. The van der Waals surface area contributed by atoms with Gasteiger partial charge in [-0.1, -0.05) is 60.7 Å². The lowest BCUT2D eigenvalue weighted by Crippen LogP contribution is -2.02. The van der Waals surface area contributed by atoms with Crippen LogP contribution in [0.25, 0.3) is 6.08 Å². The van der Waals surface area contributed by atoms with Crippen molar-refractivity contribution in [3.8, 4) is 23.3 Å². The lowest BCUT2D eigenvalue weighted by atomic mass is 10.0. The molecule has 0 aliphatic carbocycles. The molecule has 150 valence electrons. The molecule has 5 heteroatoms. The summed E-state index contributed by atoms with van der Waals surface area (Å²) in [5, 5.41) is 9.51. The largest absolute Gasteiger partial charge is 0.493 e. The van der Waals surface area contributed by atoms with Gasteiger partial charge in [-0.05, 0) is 29.3 Å². The van der Waals surface area contributed by atoms with Gasteiger partial charge in [0.05, 0.1) is 14.2 Å². The summed E-state index contributed by atoms with van der Waals surface area (Å²) in [5.41, 5.74) is 2.07. The summed E-state index contributed by atoms with van der Waals surface area (Å²) in [7, 11) is 3.05. The smallest absolute Gasteiger partial charge is 0.203 e. The Morgan fingerprint density at radius 2 is 1.50 bits per heavy atom. The molecule has 0 unspecified atom stereocenters. The van der Waals surface area contributed by atoms with Crippen molar-refractivity contribution in [1.82, 2.24) is 0 Å². The zero-order valence-electron chi connectivity index (χ0n) is 16.8. The van der Waals surface area contributed by atoms with E-state index in [1.165, 1.54) is 20.3 Å². The number of rotatable bonds is 8. The first kappa shape index (κ1) is 20.7. The molecule has 0 atom stereocenters. The molecule has 0 amide bonds. The maximum Gasteiger partial charge on any atom is 0.203 e. The summed E-state index contributed by atoms with van der Waals surface area (Å²) < 4.78 is 16.9. The molecule has 0 saturated carbocycles. The fraction of sp³-hybridized carbons (Fsp3) is 0.120. The molecule has 3 rings (SSSR count). The van der Waals surface area contributed by atoms with Gasteiger partial charge in [0.25, 0.3) is 0 Å². The van der Waals surface area contributed by atoms with Crippen molar-refractivity contribution in [3.63, 3.8) is 0 Å². The fourth-order valence-corrected chi connectivity index (χ4v) is 2.92. The number of carbonyl (C=O) groups excluding carboxylic acids is 1. The monoisotopic (exact) mass is 399 g/mol. The van der Waals surface area contributed by atoms with E-state index in [2.05, 4.69) is 0 Å². The number of benzene rings is 3. The first-order valence-corrected chi connectivity index (χ1v) is 9.30. The predicted octanol–water partition coefficient (Wildman–Crippen LogP) is 5.07. The van der Waals surface area contributed by atoms with Crippen LogP contribution in [0.2, 0.25) is 0 Å². The molecule has 3 aromatic carbocycles. The Bertz CT molecular complexity index is 1060. The van der Waals surface area contributed by atoms with E-state index < -0.39 is 0 Å².